The largest absolute Gasteiger partial charge is 0.466 e. The van der Waals surface area contributed by atoms with Crippen LogP contribution in [0.2, 0.25) is 0 Å². The Hall–Kier alpha value is -2.64. The van der Waals surface area contributed by atoms with Crippen molar-refractivity contribution in [3.8, 4) is 5.82 Å². The van der Waals surface area contributed by atoms with Gasteiger partial charge in [0, 0.05) is 29.4 Å². The van der Waals surface area contributed by atoms with E-state index in [1.807, 2.05) is 20.8 Å². The lowest BCUT2D eigenvalue weighted by atomic mass is 9.89. The number of rotatable bonds is 3. The number of alkyl halides is 3. The molecule has 0 unspecified atom stereocenters. The molecular formula is C17H18F3N3O2. The van der Waals surface area contributed by atoms with E-state index in [-0.39, 0.29) is 11.2 Å². The molecule has 8 heteroatoms. The average Bonchev–Trinajstić information content (AvgIpc) is 2.96. The summed E-state index contributed by atoms with van der Waals surface area (Å²) in [6.07, 6.45) is 0.741. The normalized spacial score (nSPS) is 12.6. The summed E-state index contributed by atoms with van der Waals surface area (Å²) in [6.45, 7) is 5.82. The van der Waals surface area contributed by atoms with Gasteiger partial charge in [-0.25, -0.2) is 14.5 Å². The van der Waals surface area contributed by atoms with Gasteiger partial charge < -0.3 is 4.74 Å². The summed E-state index contributed by atoms with van der Waals surface area (Å²) in [7, 11) is 1.27. The summed E-state index contributed by atoms with van der Waals surface area (Å²) in [5.74, 6) is -0.267. The number of carbonyl (C=O) groups excluding carboxylic acids is 1. The summed E-state index contributed by atoms with van der Waals surface area (Å²) in [5.41, 5.74) is 0.159. The number of esters is 1. The molecule has 0 spiro atoms. The van der Waals surface area contributed by atoms with Crippen molar-refractivity contribution in [3.05, 3.63) is 47.4 Å². The molecule has 0 aliphatic heterocycles. The molecule has 0 aliphatic carbocycles. The number of halogens is 3. The minimum atomic E-state index is -4.44. The van der Waals surface area contributed by atoms with Crippen LogP contribution in [-0.2, 0) is 21.1 Å². The number of carbonyl (C=O) groups is 1. The van der Waals surface area contributed by atoms with E-state index in [0.717, 1.165) is 12.3 Å². The maximum absolute atomic E-state index is 12.6. The first kappa shape index (κ1) is 18.7. The molecule has 134 valence electrons. The van der Waals surface area contributed by atoms with Crippen LogP contribution in [-0.4, -0.2) is 27.8 Å². The Morgan fingerprint density at radius 2 is 1.92 bits per heavy atom. The first-order valence-electron chi connectivity index (χ1n) is 7.42. The lowest BCUT2D eigenvalue weighted by molar-refractivity contribution is -0.138. The van der Waals surface area contributed by atoms with E-state index in [4.69, 9.17) is 0 Å². The second kappa shape index (κ2) is 6.70. The van der Waals surface area contributed by atoms with Crippen LogP contribution in [0.15, 0.2) is 30.6 Å². The summed E-state index contributed by atoms with van der Waals surface area (Å²) >= 11 is 0. The zero-order chi connectivity index (χ0) is 18.8. The van der Waals surface area contributed by atoms with Gasteiger partial charge in [0.2, 0.25) is 0 Å². The maximum atomic E-state index is 12.6. The third-order valence-electron chi connectivity index (χ3n) is 3.36. The van der Waals surface area contributed by atoms with Crippen molar-refractivity contribution in [1.82, 2.24) is 14.8 Å². The first-order valence-corrected chi connectivity index (χ1v) is 7.42. The van der Waals surface area contributed by atoms with Gasteiger partial charge in [-0.15, -0.1) is 0 Å². The van der Waals surface area contributed by atoms with Crippen molar-refractivity contribution >= 4 is 12.0 Å². The number of methoxy groups -OCH3 is 1. The summed E-state index contributed by atoms with van der Waals surface area (Å²) in [6, 6.07) is 2.20. The molecule has 25 heavy (non-hydrogen) atoms. The monoisotopic (exact) mass is 353 g/mol. The third kappa shape index (κ3) is 4.46. The van der Waals surface area contributed by atoms with Gasteiger partial charge >= 0.3 is 12.1 Å². The van der Waals surface area contributed by atoms with Crippen molar-refractivity contribution in [2.45, 2.75) is 32.4 Å². The van der Waals surface area contributed by atoms with Crippen molar-refractivity contribution in [2.75, 3.05) is 7.11 Å². The van der Waals surface area contributed by atoms with Crippen LogP contribution in [0.3, 0.4) is 0 Å². The minimum absolute atomic E-state index is 0.246. The smallest absolute Gasteiger partial charge is 0.417 e. The topological polar surface area (TPSA) is 57.0 Å². The minimum Gasteiger partial charge on any atom is -0.466 e. The number of aromatic nitrogens is 3. The highest BCUT2D eigenvalue weighted by molar-refractivity contribution is 5.87. The summed E-state index contributed by atoms with van der Waals surface area (Å²) in [5, 5.41) is 4.42. The van der Waals surface area contributed by atoms with Gasteiger partial charge in [-0.1, -0.05) is 20.8 Å². The Morgan fingerprint density at radius 3 is 2.40 bits per heavy atom. The molecule has 0 aromatic carbocycles. The maximum Gasteiger partial charge on any atom is 0.417 e. The van der Waals surface area contributed by atoms with Crippen LogP contribution in [0.4, 0.5) is 13.2 Å². The SMILES string of the molecule is COC(=O)/C=C/c1cn(-c2ccc(C(F)(F)F)cn2)nc1C(C)(C)C. The van der Waals surface area contributed by atoms with E-state index in [0.29, 0.717) is 11.3 Å². The molecule has 0 saturated carbocycles. The molecule has 0 saturated heterocycles. The second-order valence-electron chi connectivity index (χ2n) is 6.39. The quantitative estimate of drug-likeness (QED) is 0.623. The van der Waals surface area contributed by atoms with Crippen LogP contribution in [0.5, 0.6) is 0 Å². The zero-order valence-electron chi connectivity index (χ0n) is 14.3. The first-order chi connectivity index (χ1) is 11.5. The molecule has 0 atom stereocenters. The lowest BCUT2D eigenvalue weighted by Crippen LogP contribution is -2.14. The molecule has 2 heterocycles. The molecule has 0 N–H and O–H groups in total. The molecule has 2 aromatic heterocycles. The fourth-order valence-corrected chi connectivity index (χ4v) is 2.12. The molecule has 0 aliphatic rings. The average molecular weight is 353 g/mol. The Balaban J connectivity index is 2.44. The van der Waals surface area contributed by atoms with Gasteiger partial charge in [-0.2, -0.15) is 18.3 Å². The summed E-state index contributed by atoms with van der Waals surface area (Å²) < 4.78 is 43.9. The van der Waals surface area contributed by atoms with Crippen LogP contribution in [0, 0.1) is 0 Å². The lowest BCUT2D eigenvalue weighted by Gasteiger charge is -2.16. The molecule has 2 rings (SSSR count). The van der Waals surface area contributed by atoms with Crippen LogP contribution >= 0.6 is 0 Å². The predicted molar refractivity (Wildman–Crippen MR) is 86.1 cm³/mol. The predicted octanol–water partition coefficient (Wildman–Crippen LogP) is 3.77. The molecule has 5 nitrogen and oxygen atoms in total. The van der Waals surface area contributed by atoms with E-state index < -0.39 is 17.7 Å². The van der Waals surface area contributed by atoms with E-state index in [2.05, 4.69) is 14.8 Å². The van der Waals surface area contributed by atoms with Gasteiger partial charge in [-0.3, -0.25) is 0 Å². The number of hydrogen-bond donors (Lipinski definition) is 0. The number of nitrogens with zero attached hydrogens (tertiary/aromatic N) is 3. The third-order valence-corrected chi connectivity index (χ3v) is 3.36. The van der Waals surface area contributed by atoms with Crippen molar-refractivity contribution in [3.63, 3.8) is 0 Å². The number of pyridine rings is 1. The molecule has 0 radical (unpaired) electrons. The van der Waals surface area contributed by atoms with Gasteiger partial charge in [0.05, 0.1) is 18.4 Å². The van der Waals surface area contributed by atoms with E-state index >= 15 is 0 Å². The van der Waals surface area contributed by atoms with E-state index in [9.17, 15) is 18.0 Å². The molecular weight excluding hydrogens is 335 g/mol. The highest BCUT2D eigenvalue weighted by Crippen LogP contribution is 2.29. The van der Waals surface area contributed by atoms with Gasteiger partial charge in [-0.05, 0) is 18.2 Å². The number of hydrogen-bond acceptors (Lipinski definition) is 4. The van der Waals surface area contributed by atoms with Crippen molar-refractivity contribution in [2.24, 2.45) is 0 Å². The molecule has 0 bridgehead atoms. The Kier molecular flexibility index (Phi) is 5.01. The van der Waals surface area contributed by atoms with E-state index in [1.165, 1.54) is 23.9 Å². The Morgan fingerprint density at radius 1 is 1.24 bits per heavy atom. The molecule has 0 fully saturated rings. The fraction of sp³-hybridized carbons (Fsp3) is 0.353. The van der Waals surface area contributed by atoms with Crippen LogP contribution < -0.4 is 0 Å². The van der Waals surface area contributed by atoms with Gasteiger partial charge in [0.1, 0.15) is 0 Å². The highest BCUT2D eigenvalue weighted by atomic mass is 19.4. The van der Waals surface area contributed by atoms with Crippen LogP contribution in [0.25, 0.3) is 11.9 Å². The standard InChI is InChI=1S/C17H18F3N3O2/c1-16(2,3)15-11(5-8-14(24)25-4)10-23(22-15)13-7-6-12(9-21-13)17(18,19)20/h5-10H,1-4H3/b8-5+. The fourth-order valence-electron chi connectivity index (χ4n) is 2.12. The summed E-state index contributed by atoms with van der Waals surface area (Å²) in [4.78, 5) is 15.1. The van der Waals surface area contributed by atoms with Crippen molar-refractivity contribution < 1.29 is 22.7 Å². The van der Waals surface area contributed by atoms with Gasteiger partial charge in [0.25, 0.3) is 0 Å². The molecule has 2 aromatic rings. The van der Waals surface area contributed by atoms with Gasteiger partial charge in [0.15, 0.2) is 5.82 Å². The zero-order valence-corrected chi connectivity index (χ0v) is 14.3. The highest BCUT2D eigenvalue weighted by Gasteiger charge is 2.31. The second-order valence-corrected chi connectivity index (χ2v) is 6.39. The molecule has 0 amide bonds. The van der Waals surface area contributed by atoms with E-state index in [1.54, 1.807) is 12.3 Å². The Labute approximate surface area is 143 Å². The Bertz CT molecular complexity index is 785. The number of ether oxygens (including phenoxy) is 1. The van der Waals surface area contributed by atoms with Crippen LogP contribution in [0.1, 0.15) is 37.6 Å². The van der Waals surface area contributed by atoms with Crippen molar-refractivity contribution in [1.29, 1.82) is 0 Å².